The number of benzene rings is 1. The lowest BCUT2D eigenvalue weighted by Gasteiger charge is -2.22. The van der Waals surface area contributed by atoms with Crippen molar-refractivity contribution in [3.05, 3.63) is 42.9 Å². The van der Waals surface area contributed by atoms with E-state index in [0.29, 0.717) is 11.9 Å². The van der Waals surface area contributed by atoms with Crippen molar-refractivity contribution in [1.29, 1.82) is 0 Å². The van der Waals surface area contributed by atoms with Gasteiger partial charge in [0.15, 0.2) is 0 Å². The lowest BCUT2D eigenvalue weighted by Crippen LogP contribution is -2.31. The zero-order valence-electron chi connectivity index (χ0n) is 12.9. The molecule has 6 nitrogen and oxygen atoms in total. The van der Waals surface area contributed by atoms with E-state index in [1.807, 2.05) is 41.2 Å². The van der Waals surface area contributed by atoms with Crippen LogP contribution in [-0.2, 0) is 0 Å². The van der Waals surface area contributed by atoms with Crippen molar-refractivity contribution in [2.75, 3.05) is 25.0 Å². The Kier molecular flexibility index (Phi) is 3.90. The van der Waals surface area contributed by atoms with Crippen LogP contribution in [0.5, 0.6) is 0 Å². The standard InChI is InChI=1S/C17H20N6/c1-2-4-15-14(3-1)21-12-23(15)16-7-10-19-17(22-16)20-11-13-5-8-18-9-6-13/h1-4,7,10,12-13,18H,5-6,8-9,11H2,(H,19,20,22). The van der Waals surface area contributed by atoms with E-state index in [4.69, 9.17) is 0 Å². The summed E-state index contributed by atoms with van der Waals surface area (Å²) in [5, 5.41) is 6.77. The highest BCUT2D eigenvalue weighted by atomic mass is 15.2. The molecular formula is C17H20N6. The third-order valence-electron chi connectivity index (χ3n) is 4.35. The van der Waals surface area contributed by atoms with Gasteiger partial charge in [-0.15, -0.1) is 0 Å². The third kappa shape index (κ3) is 3.03. The monoisotopic (exact) mass is 308 g/mol. The molecule has 118 valence electrons. The van der Waals surface area contributed by atoms with Crippen LogP contribution in [0.3, 0.4) is 0 Å². The second-order valence-corrected chi connectivity index (χ2v) is 5.92. The molecule has 1 aliphatic heterocycles. The number of hydrogen-bond donors (Lipinski definition) is 2. The topological polar surface area (TPSA) is 67.7 Å². The predicted molar refractivity (Wildman–Crippen MR) is 90.7 cm³/mol. The van der Waals surface area contributed by atoms with E-state index in [1.165, 1.54) is 12.8 Å². The molecule has 0 spiro atoms. The Balaban J connectivity index is 1.54. The van der Waals surface area contributed by atoms with Gasteiger partial charge in [-0.25, -0.2) is 9.97 Å². The molecule has 3 heterocycles. The quantitative estimate of drug-likeness (QED) is 0.773. The van der Waals surface area contributed by atoms with Gasteiger partial charge in [-0.1, -0.05) is 12.1 Å². The number of para-hydroxylation sites is 2. The summed E-state index contributed by atoms with van der Waals surface area (Å²) in [6.07, 6.45) is 6.02. The van der Waals surface area contributed by atoms with Crippen molar-refractivity contribution >= 4 is 17.0 Å². The molecule has 0 aliphatic carbocycles. The van der Waals surface area contributed by atoms with Crippen molar-refractivity contribution in [2.45, 2.75) is 12.8 Å². The van der Waals surface area contributed by atoms with Crippen LogP contribution in [0.1, 0.15) is 12.8 Å². The summed E-state index contributed by atoms with van der Waals surface area (Å²) >= 11 is 0. The first-order valence-electron chi connectivity index (χ1n) is 8.10. The molecule has 0 atom stereocenters. The summed E-state index contributed by atoms with van der Waals surface area (Å²) in [4.78, 5) is 13.4. The number of piperidine rings is 1. The third-order valence-corrected chi connectivity index (χ3v) is 4.35. The lowest BCUT2D eigenvalue weighted by molar-refractivity contribution is 0.389. The summed E-state index contributed by atoms with van der Waals surface area (Å²) in [5.74, 6) is 2.21. The summed E-state index contributed by atoms with van der Waals surface area (Å²) in [7, 11) is 0. The van der Waals surface area contributed by atoms with Gasteiger partial charge in [-0.2, -0.15) is 4.98 Å². The number of imidazole rings is 1. The van der Waals surface area contributed by atoms with Crippen LogP contribution in [0.4, 0.5) is 5.95 Å². The first kappa shape index (κ1) is 14.1. The van der Waals surface area contributed by atoms with Gasteiger partial charge in [0, 0.05) is 12.7 Å². The summed E-state index contributed by atoms with van der Waals surface area (Å²) in [6, 6.07) is 9.96. The second-order valence-electron chi connectivity index (χ2n) is 5.92. The minimum Gasteiger partial charge on any atom is -0.354 e. The van der Waals surface area contributed by atoms with Crippen LogP contribution < -0.4 is 10.6 Å². The molecule has 0 amide bonds. The molecule has 1 fully saturated rings. The average Bonchev–Trinajstić information content (AvgIpc) is 3.05. The number of fused-ring (bicyclic) bond motifs is 1. The summed E-state index contributed by atoms with van der Waals surface area (Å²) in [5.41, 5.74) is 2.02. The molecule has 0 radical (unpaired) electrons. The zero-order chi connectivity index (χ0) is 15.5. The number of nitrogens with zero attached hydrogens (tertiary/aromatic N) is 4. The molecule has 0 unspecified atom stereocenters. The predicted octanol–water partition coefficient (Wildman–Crippen LogP) is 2.23. The Morgan fingerprint density at radius 2 is 2.00 bits per heavy atom. The Labute approximate surface area is 135 Å². The number of aromatic nitrogens is 4. The van der Waals surface area contributed by atoms with Gasteiger partial charge in [-0.3, -0.25) is 4.57 Å². The Bertz CT molecular complexity index is 790. The van der Waals surface area contributed by atoms with E-state index in [1.54, 1.807) is 6.20 Å². The molecule has 3 aromatic rings. The van der Waals surface area contributed by atoms with Crippen molar-refractivity contribution in [1.82, 2.24) is 24.8 Å². The van der Waals surface area contributed by atoms with Crippen LogP contribution in [0.15, 0.2) is 42.9 Å². The van der Waals surface area contributed by atoms with Crippen molar-refractivity contribution < 1.29 is 0 Å². The Hall–Kier alpha value is -2.47. The van der Waals surface area contributed by atoms with E-state index in [-0.39, 0.29) is 0 Å². The Morgan fingerprint density at radius 3 is 2.91 bits per heavy atom. The number of rotatable bonds is 4. The molecule has 23 heavy (non-hydrogen) atoms. The van der Waals surface area contributed by atoms with Crippen LogP contribution in [-0.4, -0.2) is 39.2 Å². The van der Waals surface area contributed by atoms with Crippen molar-refractivity contribution in [2.24, 2.45) is 5.92 Å². The maximum atomic E-state index is 4.63. The lowest BCUT2D eigenvalue weighted by atomic mass is 9.98. The van der Waals surface area contributed by atoms with Crippen LogP contribution >= 0.6 is 0 Å². The molecule has 2 aromatic heterocycles. The first-order valence-corrected chi connectivity index (χ1v) is 8.10. The highest BCUT2D eigenvalue weighted by Crippen LogP contribution is 2.17. The molecule has 4 rings (SSSR count). The number of nitrogens with one attached hydrogen (secondary N) is 2. The van der Waals surface area contributed by atoms with Crippen molar-refractivity contribution in [3.63, 3.8) is 0 Å². The van der Waals surface area contributed by atoms with Crippen LogP contribution in [0.25, 0.3) is 16.9 Å². The number of hydrogen-bond acceptors (Lipinski definition) is 5. The molecule has 1 saturated heterocycles. The SMILES string of the molecule is c1ccc2c(c1)ncn2-c1ccnc(NCC2CCNCC2)n1. The van der Waals surface area contributed by atoms with Gasteiger partial charge in [0.2, 0.25) is 5.95 Å². The van der Waals surface area contributed by atoms with Gasteiger partial charge >= 0.3 is 0 Å². The zero-order valence-corrected chi connectivity index (χ0v) is 12.9. The molecule has 1 aliphatic rings. The van der Waals surface area contributed by atoms with E-state index in [9.17, 15) is 0 Å². The first-order chi connectivity index (χ1) is 11.4. The smallest absolute Gasteiger partial charge is 0.224 e. The fourth-order valence-corrected chi connectivity index (χ4v) is 3.03. The fourth-order valence-electron chi connectivity index (χ4n) is 3.03. The van der Waals surface area contributed by atoms with Gasteiger partial charge in [-0.05, 0) is 50.0 Å². The maximum Gasteiger partial charge on any atom is 0.224 e. The molecule has 0 bridgehead atoms. The van der Waals surface area contributed by atoms with E-state index in [2.05, 4.69) is 25.6 Å². The molecular weight excluding hydrogens is 288 g/mol. The minimum atomic E-state index is 0.679. The Morgan fingerprint density at radius 1 is 1.13 bits per heavy atom. The van der Waals surface area contributed by atoms with Gasteiger partial charge in [0.25, 0.3) is 0 Å². The molecule has 2 N–H and O–H groups in total. The highest BCUT2D eigenvalue weighted by Gasteiger charge is 2.13. The van der Waals surface area contributed by atoms with Gasteiger partial charge in [0.05, 0.1) is 11.0 Å². The average molecular weight is 308 g/mol. The van der Waals surface area contributed by atoms with Crippen LogP contribution in [0.2, 0.25) is 0 Å². The molecule has 1 aromatic carbocycles. The van der Waals surface area contributed by atoms with E-state index < -0.39 is 0 Å². The molecule has 6 heteroatoms. The van der Waals surface area contributed by atoms with E-state index >= 15 is 0 Å². The highest BCUT2D eigenvalue weighted by molar-refractivity contribution is 5.76. The van der Waals surface area contributed by atoms with E-state index in [0.717, 1.165) is 36.5 Å². The summed E-state index contributed by atoms with van der Waals surface area (Å²) in [6.45, 7) is 3.14. The van der Waals surface area contributed by atoms with Gasteiger partial charge < -0.3 is 10.6 Å². The fraction of sp³-hybridized carbons (Fsp3) is 0.353. The summed E-state index contributed by atoms with van der Waals surface area (Å²) < 4.78 is 1.99. The van der Waals surface area contributed by atoms with Crippen LogP contribution in [0, 0.1) is 5.92 Å². The maximum absolute atomic E-state index is 4.63. The second kappa shape index (κ2) is 6.34. The minimum absolute atomic E-state index is 0.679. The normalized spacial score (nSPS) is 15.8. The largest absolute Gasteiger partial charge is 0.354 e. The van der Waals surface area contributed by atoms with Crippen molar-refractivity contribution in [3.8, 4) is 5.82 Å². The van der Waals surface area contributed by atoms with Gasteiger partial charge in [0.1, 0.15) is 12.1 Å². The number of anilines is 1. The molecule has 0 saturated carbocycles.